The van der Waals surface area contributed by atoms with Gasteiger partial charge in [0.25, 0.3) is 0 Å². The predicted octanol–water partition coefficient (Wildman–Crippen LogP) is 3.28. The van der Waals surface area contributed by atoms with Gasteiger partial charge in [0.1, 0.15) is 0 Å². The summed E-state index contributed by atoms with van der Waals surface area (Å²) in [7, 11) is 2.11. The summed E-state index contributed by atoms with van der Waals surface area (Å²) in [5, 5.41) is 1.14. The molecule has 0 unspecified atom stereocenters. The van der Waals surface area contributed by atoms with E-state index in [-0.39, 0.29) is 0 Å². The van der Waals surface area contributed by atoms with Gasteiger partial charge in [0.05, 0.1) is 5.69 Å². The van der Waals surface area contributed by atoms with E-state index >= 15 is 0 Å². The smallest absolute Gasteiger partial charge is 0.164 e. The molecule has 16 heavy (non-hydrogen) atoms. The van der Waals surface area contributed by atoms with Crippen LogP contribution in [0.3, 0.4) is 0 Å². The molecule has 1 saturated heterocycles. The maximum Gasteiger partial charge on any atom is 0.164 e. The molecule has 0 saturated carbocycles. The molecule has 0 spiro atoms. The molecule has 3 heteroatoms. The SMILES string of the molecule is Cc1ccc(N=C2SCCN2C)c(C)c1C. The number of nitrogens with zero attached hydrogens (tertiary/aromatic N) is 2. The van der Waals surface area contributed by atoms with Gasteiger partial charge in [0.15, 0.2) is 5.17 Å². The lowest BCUT2D eigenvalue weighted by atomic mass is 10.0. The minimum atomic E-state index is 1.10. The zero-order valence-corrected chi connectivity index (χ0v) is 11.2. The van der Waals surface area contributed by atoms with Gasteiger partial charge in [0, 0.05) is 19.3 Å². The fourth-order valence-electron chi connectivity index (χ4n) is 1.76. The second-order valence-electron chi connectivity index (χ2n) is 4.32. The minimum Gasteiger partial charge on any atom is -0.353 e. The van der Waals surface area contributed by atoms with Gasteiger partial charge < -0.3 is 4.90 Å². The molecule has 0 atom stereocenters. The zero-order chi connectivity index (χ0) is 11.7. The van der Waals surface area contributed by atoms with Gasteiger partial charge in [-0.05, 0) is 43.5 Å². The van der Waals surface area contributed by atoms with E-state index in [1.807, 2.05) is 11.8 Å². The lowest BCUT2D eigenvalue weighted by Gasteiger charge is -2.12. The number of thioether (sulfide) groups is 1. The average molecular weight is 234 g/mol. The second kappa shape index (κ2) is 4.50. The Morgan fingerprint density at radius 2 is 1.94 bits per heavy atom. The average Bonchev–Trinajstić information content (AvgIpc) is 2.65. The van der Waals surface area contributed by atoms with Gasteiger partial charge in [-0.3, -0.25) is 0 Å². The van der Waals surface area contributed by atoms with Crippen molar-refractivity contribution in [1.29, 1.82) is 0 Å². The summed E-state index contributed by atoms with van der Waals surface area (Å²) >= 11 is 1.84. The molecule has 1 aromatic carbocycles. The zero-order valence-electron chi connectivity index (χ0n) is 10.4. The number of benzene rings is 1. The topological polar surface area (TPSA) is 15.6 Å². The Labute approximate surface area is 102 Å². The Hall–Kier alpha value is -0.960. The lowest BCUT2D eigenvalue weighted by Crippen LogP contribution is -2.17. The highest BCUT2D eigenvalue weighted by molar-refractivity contribution is 8.14. The van der Waals surface area contributed by atoms with Crippen molar-refractivity contribution in [3.8, 4) is 0 Å². The molecule has 0 aliphatic carbocycles. The van der Waals surface area contributed by atoms with Crippen LogP contribution in [0.15, 0.2) is 17.1 Å². The van der Waals surface area contributed by atoms with Crippen LogP contribution in [0.2, 0.25) is 0 Å². The summed E-state index contributed by atoms with van der Waals surface area (Å²) in [5.74, 6) is 1.15. The van der Waals surface area contributed by atoms with Crippen LogP contribution in [0.1, 0.15) is 16.7 Å². The largest absolute Gasteiger partial charge is 0.353 e. The van der Waals surface area contributed by atoms with Gasteiger partial charge in [-0.15, -0.1) is 0 Å². The van der Waals surface area contributed by atoms with Crippen LogP contribution in [0.5, 0.6) is 0 Å². The van der Waals surface area contributed by atoms with Crippen LogP contribution in [0, 0.1) is 20.8 Å². The van der Waals surface area contributed by atoms with Crippen molar-refractivity contribution in [3.05, 3.63) is 28.8 Å². The number of aryl methyl sites for hydroxylation is 1. The Kier molecular flexibility index (Phi) is 3.24. The Morgan fingerprint density at radius 1 is 1.19 bits per heavy atom. The first kappa shape index (κ1) is 11.5. The van der Waals surface area contributed by atoms with Crippen molar-refractivity contribution in [2.45, 2.75) is 20.8 Å². The molecule has 1 aliphatic heterocycles. The molecule has 0 N–H and O–H groups in total. The number of hydrogen-bond donors (Lipinski definition) is 0. The molecule has 2 rings (SSSR count). The van der Waals surface area contributed by atoms with Crippen molar-refractivity contribution in [2.24, 2.45) is 4.99 Å². The van der Waals surface area contributed by atoms with E-state index < -0.39 is 0 Å². The van der Waals surface area contributed by atoms with Gasteiger partial charge in [-0.2, -0.15) is 0 Å². The van der Waals surface area contributed by atoms with E-state index in [9.17, 15) is 0 Å². The van der Waals surface area contributed by atoms with E-state index in [0.717, 1.165) is 23.2 Å². The highest BCUT2D eigenvalue weighted by Crippen LogP contribution is 2.27. The Bertz CT molecular complexity index is 438. The first-order valence-corrected chi connectivity index (χ1v) is 6.57. The molecule has 86 valence electrons. The summed E-state index contributed by atoms with van der Waals surface area (Å²) in [6, 6.07) is 4.28. The van der Waals surface area contributed by atoms with Crippen molar-refractivity contribution in [1.82, 2.24) is 4.90 Å². The molecular formula is C13H18N2S. The molecule has 1 fully saturated rings. The third-order valence-electron chi connectivity index (χ3n) is 3.23. The predicted molar refractivity (Wildman–Crippen MR) is 72.8 cm³/mol. The lowest BCUT2D eigenvalue weighted by molar-refractivity contribution is 0.563. The maximum absolute atomic E-state index is 4.75. The van der Waals surface area contributed by atoms with Crippen molar-refractivity contribution >= 4 is 22.6 Å². The van der Waals surface area contributed by atoms with Crippen LogP contribution in [-0.4, -0.2) is 29.4 Å². The van der Waals surface area contributed by atoms with Gasteiger partial charge in [-0.1, -0.05) is 17.8 Å². The Morgan fingerprint density at radius 3 is 2.56 bits per heavy atom. The fourth-order valence-corrected chi connectivity index (χ4v) is 2.79. The van der Waals surface area contributed by atoms with E-state index in [4.69, 9.17) is 4.99 Å². The van der Waals surface area contributed by atoms with E-state index in [2.05, 4.69) is 44.9 Å². The minimum absolute atomic E-state index is 1.10. The van der Waals surface area contributed by atoms with Crippen molar-refractivity contribution in [3.63, 3.8) is 0 Å². The number of amidine groups is 1. The third kappa shape index (κ3) is 2.09. The van der Waals surface area contributed by atoms with E-state index in [1.165, 1.54) is 16.7 Å². The molecule has 0 amide bonds. The molecule has 1 aromatic rings. The molecular weight excluding hydrogens is 216 g/mol. The molecule has 1 heterocycles. The Balaban J connectivity index is 2.38. The summed E-state index contributed by atoms with van der Waals surface area (Å²) in [6.07, 6.45) is 0. The van der Waals surface area contributed by atoms with E-state index in [0.29, 0.717) is 0 Å². The normalized spacial score (nSPS) is 18.5. The summed E-state index contributed by atoms with van der Waals surface area (Å²) in [6.45, 7) is 7.57. The molecule has 0 bridgehead atoms. The third-order valence-corrected chi connectivity index (χ3v) is 4.28. The fraction of sp³-hybridized carbons (Fsp3) is 0.462. The second-order valence-corrected chi connectivity index (χ2v) is 5.38. The van der Waals surface area contributed by atoms with Crippen LogP contribution < -0.4 is 0 Å². The van der Waals surface area contributed by atoms with Gasteiger partial charge in [0.2, 0.25) is 0 Å². The monoisotopic (exact) mass is 234 g/mol. The summed E-state index contributed by atoms with van der Waals surface area (Å²) in [4.78, 5) is 6.97. The number of aliphatic imine (C=N–C) groups is 1. The molecule has 1 aliphatic rings. The number of hydrogen-bond acceptors (Lipinski definition) is 2. The van der Waals surface area contributed by atoms with Crippen LogP contribution in [0.25, 0.3) is 0 Å². The molecule has 0 radical (unpaired) electrons. The standard InChI is InChI=1S/C13H18N2S/c1-9-5-6-12(11(3)10(9)2)14-13-15(4)7-8-16-13/h5-6H,7-8H2,1-4H3. The first-order valence-electron chi connectivity index (χ1n) is 5.59. The van der Waals surface area contributed by atoms with Crippen molar-refractivity contribution < 1.29 is 0 Å². The van der Waals surface area contributed by atoms with E-state index in [1.54, 1.807) is 0 Å². The van der Waals surface area contributed by atoms with Gasteiger partial charge >= 0.3 is 0 Å². The quantitative estimate of drug-likeness (QED) is 0.741. The first-order chi connectivity index (χ1) is 7.59. The van der Waals surface area contributed by atoms with Crippen molar-refractivity contribution in [2.75, 3.05) is 19.3 Å². The summed E-state index contributed by atoms with van der Waals surface area (Å²) < 4.78 is 0. The van der Waals surface area contributed by atoms with Crippen LogP contribution >= 0.6 is 11.8 Å². The van der Waals surface area contributed by atoms with Gasteiger partial charge in [-0.25, -0.2) is 4.99 Å². The van der Waals surface area contributed by atoms with Crippen LogP contribution in [0.4, 0.5) is 5.69 Å². The summed E-state index contributed by atoms with van der Waals surface area (Å²) in [5.41, 5.74) is 5.11. The molecule has 2 nitrogen and oxygen atoms in total. The van der Waals surface area contributed by atoms with Crippen LogP contribution in [-0.2, 0) is 0 Å². The highest BCUT2D eigenvalue weighted by atomic mass is 32.2. The highest BCUT2D eigenvalue weighted by Gasteiger charge is 2.15. The maximum atomic E-state index is 4.75. The number of rotatable bonds is 1. The molecule has 0 aromatic heterocycles.